The smallest absolute Gasteiger partial charge is 0.494 e. The Hall–Kier alpha value is -2.17. The van der Waals surface area contributed by atoms with Gasteiger partial charge in [-0.3, -0.25) is 0 Å². The van der Waals surface area contributed by atoms with Crippen LogP contribution in [0.1, 0.15) is 5.69 Å². The number of rotatable bonds is 3. The van der Waals surface area contributed by atoms with Gasteiger partial charge >= 0.3 is 6.36 Å². The maximum atomic E-state index is 12.1. The lowest BCUT2D eigenvalue weighted by Gasteiger charge is -2.13. The summed E-state index contributed by atoms with van der Waals surface area (Å²) >= 11 is 0. The molecule has 0 fully saturated rings. The highest BCUT2D eigenvalue weighted by atomic mass is 19.4. The van der Waals surface area contributed by atoms with Crippen LogP contribution in [-0.4, -0.2) is 25.6 Å². The van der Waals surface area contributed by atoms with Gasteiger partial charge in [0, 0.05) is 6.07 Å². The van der Waals surface area contributed by atoms with Crippen LogP contribution in [0, 0.1) is 11.3 Å². The zero-order chi connectivity index (χ0) is 13.1. The van der Waals surface area contributed by atoms with Gasteiger partial charge in [0.25, 0.3) is 5.88 Å². The van der Waals surface area contributed by atoms with Crippen LogP contribution in [0.3, 0.4) is 0 Å². The number of aromatic nitrogens is 1. The lowest BCUT2D eigenvalue weighted by atomic mass is 10.3. The summed E-state index contributed by atoms with van der Waals surface area (Å²) < 4.78 is 49.2. The molecule has 0 aliphatic carbocycles. The van der Waals surface area contributed by atoms with Gasteiger partial charge in [0.1, 0.15) is 6.07 Å². The van der Waals surface area contributed by atoms with Crippen molar-refractivity contribution in [1.29, 1.82) is 5.26 Å². The fraction of sp³-hybridized carbons (Fsp3) is 0.333. The van der Waals surface area contributed by atoms with Crippen molar-refractivity contribution >= 4 is 0 Å². The third kappa shape index (κ3) is 3.14. The average Bonchev–Trinajstić information content (AvgIpc) is 2.26. The molecule has 0 saturated heterocycles. The lowest BCUT2D eigenvalue weighted by Crippen LogP contribution is -2.18. The highest BCUT2D eigenvalue weighted by molar-refractivity contribution is 5.48. The molecule has 0 aliphatic heterocycles. The maximum absolute atomic E-state index is 12.1. The van der Waals surface area contributed by atoms with Gasteiger partial charge in [0.15, 0.2) is 17.2 Å². The van der Waals surface area contributed by atoms with E-state index in [1.165, 1.54) is 7.11 Å². The standard InChI is InChI=1S/C9H7F3N2O3/c1-15-6-3-7(17-9(10,11)12)8(16-2)14-5(6)4-13/h3H,1-2H3. The fourth-order valence-electron chi connectivity index (χ4n) is 1.04. The number of nitriles is 1. The van der Waals surface area contributed by atoms with E-state index in [2.05, 4.69) is 14.5 Å². The van der Waals surface area contributed by atoms with Crippen LogP contribution in [0.2, 0.25) is 0 Å². The molecule has 0 saturated carbocycles. The number of methoxy groups -OCH3 is 2. The molecule has 1 aromatic heterocycles. The Morgan fingerprint density at radius 1 is 1.24 bits per heavy atom. The second-order valence-corrected chi connectivity index (χ2v) is 2.71. The minimum Gasteiger partial charge on any atom is -0.494 e. The number of nitrogens with zero attached hydrogens (tertiary/aromatic N) is 2. The van der Waals surface area contributed by atoms with Crippen molar-refractivity contribution in [3.63, 3.8) is 0 Å². The molecule has 0 unspecified atom stereocenters. The molecule has 92 valence electrons. The van der Waals surface area contributed by atoms with Gasteiger partial charge in [-0.15, -0.1) is 13.2 Å². The van der Waals surface area contributed by atoms with Crippen molar-refractivity contribution in [2.45, 2.75) is 6.36 Å². The first-order valence-corrected chi connectivity index (χ1v) is 4.20. The van der Waals surface area contributed by atoms with E-state index in [0.717, 1.165) is 13.2 Å². The molecule has 1 rings (SSSR count). The van der Waals surface area contributed by atoms with E-state index in [1.54, 1.807) is 6.07 Å². The molecule has 0 N–H and O–H groups in total. The molecular weight excluding hydrogens is 241 g/mol. The molecule has 0 aliphatic rings. The maximum Gasteiger partial charge on any atom is 0.573 e. The van der Waals surface area contributed by atoms with E-state index in [0.29, 0.717) is 0 Å². The van der Waals surface area contributed by atoms with E-state index < -0.39 is 18.0 Å². The largest absolute Gasteiger partial charge is 0.573 e. The number of alkyl halides is 3. The Labute approximate surface area is 94.3 Å². The van der Waals surface area contributed by atoms with E-state index in [9.17, 15) is 13.2 Å². The number of pyridine rings is 1. The van der Waals surface area contributed by atoms with Crippen molar-refractivity contribution in [3.8, 4) is 23.4 Å². The zero-order valence-electron chi connectivity index (χ0n) is 8.83. The summed E-state index contributed by atoms with van der Waals surface area (Å²) in [6.45, 7) is 0. The molecule has 0 aromatic carbocycles. The van der Waals surface area contributed by atoms with E-state index in [4.69, 9.17) is 10.00 Å². The molecule has 0 spiro atoms. The number of hydrogen-bond acceptors (Lipinski definition) is 5. The average molecular weight is 248 g/mol. The van der Waals surface area contributed by atoms with Gasteiger partial charge in [0.2, 0.25) is 0 Å². The molecule has 0 atom stereocenters. The molecular formula is C9H7F3N2O3. The van der Waals surface area contributed by atoms with Crippen LogP contribution in [0.5, 0.6) is 17.4 Å². The van der Waals surface area contributed by atoms with Gasteiger partial charge in [-0.25, -0.2) is 0 Å². The summed E-state index contributed by atoms with van der Waals surface area (Å²) in [6, 6.07) is 2.55. The highest BCUT2D eigenvalue weighted by Gasteiger charge is 2.33. The van der Waals surface area contributed by atoms with Crippen molar-refractivity contribution in [2.75, 3.05) is 14.2 Å². The second kappa shape index (κ2) is 4.78. The van der Waals surface area contributed by atoms with E-state index in [-0.39, 0.29) is 11.4 Å². The third-order valence-corrected chi connectivity index (χ3v) is 1.66. The molecule has 0 radical (unpaired) electrons. The summed E-state index contributed by atoms with van der Waals surface area (Å²) in [6.07, 6.45) is -4.88. The first-order chi connectivity index (χ1) is 7.91. The zero-order valence-corrected chi connectivity index (χ0v) is 8.83. The van der Waals surface area contributed by atoms with Crippen molar-refractivity contribution in [1.82, 2.24) is 4.98 Å². The Morgan fingerprint density at radius 3 is 2.29 bits per heavy atom. The summed E-state index contributed by atoms with van der Waals surface area (Å²) in [5.74, 6) is -1.25. The number of hydrogen-bond donors (Lipinski definition) is 0. The van der Waals surface area contributed by atoms with Crippen LogP contribution < -0.4 is 14.2 Å². The molecule has 17 heavy (non-hydrogen) atoms. The van der Waals surface area contributed by atoms with Crippen LogP contribution in [0.4, 0.5) is 13.2 Å². The van der Waals surface area contributed by atoms with Gasteiger partial charge in [0.05, 0.1) is 14.2 Å². The molecule has 8 heteroatoms. The predicted molar refractivity (Wildman–Crippen MR) is 48.7 cm³/mol. The summed E-state index contributed by atoms with van der Waals surface area (Å²) in [4.78, 5) is 3.53. The predicted octanol–water partition coefficient (Wildman–Crippen LogP) is 1.87. The van der Waals surface area contributed by atoms with Crippen LogP contribution in [0.15, 0.2) is 6.07 Å². The first-order valence-electron chi connectivity index (χ1n) is 4.20. The van der Waals surface area contributed by atoms with Gasteiger partial charge < -0.3 is 14.2 Å². The molecule has 5 nitrogen and oxygen atoms in total. The third-order valence-electron chi connectivity index (χ3n) is 1.66. The molecule has 0 bridgehead atoms. The number of halogens is 3. The SMILES string of the molecule is COc1cc(OC(F)(F)F)c(OC)nc1C#N. The van der Waals surface area contributed by atoms with Crippen LogP contribution >= 0.6 is 0 Å². The van der Waals surface area contributed by atoms with Gasteiger partial charge in [-0.05, 0) is 0 Å². The normalized spacial score (nSPS) is 10.6. The Kier molecular flexibility index (Phi) is 3.62. The monoisotopic (exact) mass is 248 g/mol. The Bertz CT molecular complexity index is 454. The summed E-state index contributed by atoms with van der Waals surface area (Å²) in [5.41, 5.74) is -0.195. The minimum absolute atomic E-state index is 0.132. The summed E-state index contributed by atoms with van der Waals surface area (Å²) in [5, 5.41) is 8.68. The molecule has 0 amide bonds. The topological polar surface area (TPSA) is 64.4 Å². The highest BCUT2D eigenvalue weighted by Crippen LogP contribution is 2.34. The second-order valence-electron chi connectivity index (χ2n) is 2.71. The van der Waals surface area contributed by atoms with E-state index in [1.807, 2.05) is 0 Å². The van der Waals surface area contributed by atoms with Gasteiger partial charge in [-0.1, -0.05) is 0 Å². The van der Waals surface area contributed by atoms with Crippen molar-refractivity contribution in [2.24, 2.45) is 0 Å². The Balaban J connectivity index is 3.25. The number of ether oxygens (including phenoxy) is 3. The lowest BCUT2D eigenvalue weighted by molar-refractivity contribution is -0.275. The molecule has 1 heterocycles. The summed E-state index contributed by atoms with van der Waals surface area (Å²) in [7, 11) is 2.31. The van der Waals surface area contributed by atoms with Crippen LogP contribution in [0.25, 0.3) is 0 Å². The first kappa shape index (κ1) is 12.9. The van der Waals surface area contributed by atoms with Crippen molar-refractivity contribution < 1.29 is 27.4 Å². The van der Waals surface area contributed by atoms with Crippen LogP contribution in [-0.2, 0) is 0 Å². The minimum atomic E-state index is -4.88. The Morgan fingerprint density at radius 2 is 1.88 bits per heavy atom. The van der Waals surface area contributed by atoms with E-state index >= 15 is 0 Å². The molecule has 1 aromatic rings. The van der Waals surface area contributed by atoms with Crippen molar-refractivity contribution in [3.05, 3.63) is 11.8 Å². The van der Waals surface area contributed by atoms with Gasteiger partial charge in [-0.2, -0.15) is 10.2 Å². The quantitative estimate of drug-likeness (QED) is 0.816. The fourth-order valence-corrected chi connectivity index (χ4v) is 1.04.